The van der Waals surface area contributed by atoms with Gasteiger partial charge in [-0.3, -0.25) is 4.90 Å². The van der Waals surface area contributed by atoms with Crippen molar-refractivity contribution in [3.8, 4) is 0 Å². The van der Waals surface area contributed by atoms with Crippen LogP contribution in [0.15, 0.2) is 17.5 Å². The lowest BCUT2D eigenvalue weighted by molar-refractivity contribution is 0.195. The molecule has 3 aromatic heterocycles. The second-order valence-electron chi connectivity index (χ2n) is 7.13. The Morgan fingerprint density at radius 2 is 2.08 bits per heavy atom. The molecule has 130 valence electrons. The molecular formula is C17H21N7S. The summed E-state index contributed by atoms with van der Waals surface area (Å²) in [5.74, 6) is 2.59. The zero-order valence-electron chi connectivity index (χ0n) is 14.5. The van der Waals surface area contributed by atoms with Gasteiger partial charge in [-0.2, -0.15) is 4.52 Å². The number of rotatable bonds is 5. The van der Waals surface area contributed by atoms with E-state index in [9.17, 15) is 0 Å². The van der Waals surface area contributed by atoms with Gasteiger partial charge in [0.1, 0.15) is 5.82 Å². The van der Waals surface area contributed by atoms with Gasteiger partial charge in [0.05, 0.1) is 10.7 Å². The van der Waals surface area contributed by atoms with Gasteiger partial charge in [-0.15, -0.1) is 26.6 Å². The molecule has 0 radical (unpaired) electrons. The lowest BCUT2D eigenvalue weighted by atomic mass is 10.1. The maximum atomic E-state index is 4.79. The van der Waals surface area contributed by atoms with E-state index in [0.717, 1.165) is 41.9 Å². The first kappa shape index (κ1) is 15.2. The van der Waals surface area contributed by atoms with Gasteiger partial charge in [0.15, 0.2) is 11.5 Å². The van der Waals surface area contributed by atoms with E-state index in [1.54, 1.807) is 11.3 Å². The average Bonchev–Trinajstić information content (AvgIpc) is 3.18. The van der Waals surface area contributed by atoms with E-state index < -0.39 is 0 Å². The Morgan fingerprint density at radius 3 is 2.80 bits per heavy atom. The van der Waals surface area contributed by atoms with Crippen LogP contribution in [0.3, 0.4) is 0 Å². The van der Waals surface area contributed by atoms with Gasteiger partial charge in [0.2, 0.25) is 0 Å². The molecule has 0 bridgehead atoms. The van der Waals surface area contributed by atoms with E-state index in [0.29, 0.717) is 12.0 Å². The Kier molecular flexibility index (Phi) is 3.49. The van der Waals surface area contributed by atoms with Crippen LogP contribution in [0.4, 0.5) is 5.82 Å². The smallest absolute Gasteiger partial charge is 0.178 e. The molecule has 0 spiro atoms. The molecule has 1 saturated heterocycles. The number of hydrogen-bond donors (Lipinski definition) is 0. The van der Waals surface area contributed by atoms with Crippen molar-refractivity contribution in [1.29, 1.82) is 0 Å². The second-order valence-corrected chi connectivity index (χ2v) is 8.19. The highest BCUT2D eigenvalue weighted by molar-refractivity contribution is 7.09. The third-order valence-electron chi connectivity index (χ3n) is 5.10. The number of likely N-dealkylation sites (N-methyl/N-ethyl adjacent to an activating group) is 1. The molecule has 2 aliphatic rings. The first-order chi connectivity index (χ1) is 12.2. The standard InChI is InChI=1S/C17H21N7S/c1-11-18-13(10-25-11)7-22(2)14-8-23(9-14)16-6-5-15-19-20-17(12-3-4-12)24(15)21-16/h5-6,10,12,14H,3-4,7-9H2,1-2H3. The van der Waals surface area contributed by atoms with Gasteiger partial charge >= 0.3 is 0 Å². The van der Waals surface area contributed by atoms with Crippen LogP contribution in [-0.2, 0) is 6.54 Å². The zero-order chi connectivity index (χ0) is 17.0. The van der Waals surface area contributed by atoms with Crippen LogP contribution in [0.2, 0.25) is 0 Å². The molecule has 0 unspecified atom stereocenters. The molecule has 5 rings (SSSR count). The fourth-order valence-corrected chi connectivity index (χ4v) is 3.95. The quantitative estimate of drug-likeness (QED) is 0.698. The lowest BCUT2D eigenvalue weighted by Crippen LogP contribution is -2.58. The topological polar surface area (TPSA) is 62.5 Å². The summed E-state index contributed by atoms with van der Waals surface area (Å²) in [6.07, 6.45) is 2.42. The lowest BCUT2D eigenvalue weighted by Gasteiger charge is -2.44. The molecule has 2 fully saturated rings. The molecule has 3 aromatic rings. The predicted octanol–water partition coefficient (Wildman–Crippen LogP) is 2.09. The zero-order valence-corrected chi connectivity index (χ0v) is 15.3. The van der Waals surface area contributed by atoms with Crippen LogP contribution in [0.25, 0.3) is 5.65 Å². The van der Waals surface area contributed by atoms with E-state index in [1.807, 2.05) is 10.6 Å². The van der Waals surface area contributed by atoms with Crippen LogP contribution in [0, 0.1) is 6.92 Å². The number of hydrogen-bond acceptors (Lipinski definition) is 7. The third kappa shape index (κ3) is 2.79. The van der Waals surface area contributed by atoms with E-state index in [2.05, 4.69) is 50.4 Å². The summed E-state index contributed by atoms with van der Waals surface area (Å²) in [7, 11) is 2.18. The fourth-order valence-electron chi connectivity index (χ4n) is 3.35. The summed E-state index contributed by atoms with van der Waals surface area (Å²) in [4.78, 5) is 9.27. The highest BCUT2D eigenvalue weighted by Crippen LogP contribution is 2.38. The number of anilines is 1. The number of aryl methyl sites for hydroxylation is 1. The number of nitrogens with zero attached hydrogens (tertiary/aromatic N) is 7. The van der Waals surface area contributed by atoms with Crippen molar-refractivity contribution in [3.63, 3.8) is 0 Å². The molecule has 1 saturated carbocycles. The maximum absolute atomic E-state index is 4.79. The van der Waals surface area contributed by atoms with E-state index in [1.165, 1.54) is 18.5 Å². The third-order valence-corrected chi connectivity index (χ3v) is 5.93. The van der Waals surface area contributed by atoms with Crippen LogP contribution < -0.4 is 4.90 Å². The summed E-state index contributed by atoms with van der Waals surface area (Å²) in [6.45, 7) is 4.96. The van der Waals surface area contributed by atoms with Crippen LogP contribution in [0.1, 0.15) is 35.3 Å². The number of aromatic nitrogens is 5. The molecule has 8 heteroatoms. The molecule has 1 aliphatic carbocycles. The van der Waals surface area contributed by atoms with E-state index in [-0.39, 0.29) is 0 Å². The molecule has 0 aromatic carbocycles. The Labute approximate surface area is 150 Å². The predicted molar refractivity (Wildman–Crippen MR) is 97.1 cm³/mol. The Balaban J connectivity index is 1.26. The molecule has 1 aliphatic heterocycles. The first-order valence-electron chi connectivity index (χ1n) is 8.76. The van der Waals surface area contributed by atoms with Crippen molar-refractivity contribution >= 4 is 22.8 Å². The molecule has 0 amide bonds. The van der Waals surface area contributed by atoms with Crippen molar-refractivity contribution in [2.24, 2.45) is 0 Å². The fraction of sp³-hybridized carbons (Fsp3) is 0.529. The van der Waals surface area contributed by atoms with Gasteiger partial charge in [-0.05, 0) is 38.9 Å². The van der Waals surface area contributed by atoms with Crippen molar-refractivity contribution in [2.75, 3.05) is 25.0 Å². The van der Waals surface area contributed by atoms with Crippen molar-refractivity contribution in [1.82, 2.24) is 29.7 Å². The monoisotopic (exact) mass is 355 g/mol. The minimum Gasteiger partial charge on any atom is -0.352 e. The molecular weight excluding hydrogens is 334 g/mol. The van der Waals surface area contributed by atoms with Crippen molar-refractivity contribution in [2.45, 2.75) is 38.3 Å². The molecule has 7 nitrogen and oxygen atoms in total. The van der Waals surface area contributed by atoms with Gasteiger partial charge in [-0.1, -0.05) is 0 Å². The van der Waals surface area contributed by atoms with Crippen molar-refractivity contribution < 1.29 is 0 Å². The Morgan fingerprint density at radius 1 is 1.24 bits per heavy atom. The van der Waals surface area contributed by atoms with Crippen LogP contribution >= 0.6 is 11.3 Å². The number of fused-ring (bicyclic) bond motifs is 1. The number of thiazole rings is 1. The SMILES string of the molecule is Cc1nc(CN(C)C2CN(c3ccc4nnc(C5CC5)n4n3)C2)cs1. The van der Waals surface area contributed by atoms with Gasteiger partial charge in [0, 0.05) is 37.0 Å². The minimum absolute atomic E-state index is 0.545. The van der Waals surface area contributed by atoms with Crippen molar-refractivity contribution in [3.05, 3.63) is 34.0 Å². The Bertz CT molecular complexity index is 907. The molecule has 25 heavy (non-hydrogen) atoms. The van der Waals surface area contributed by atoms with Gasteiger partial charge in [0.25, 0.3) is 0 Å². The van der Waals surface area contributed by atoms with Crippen LogP contribution in [-0.4, -0.2) is 55.9 Å². The van der Waals surface area contributed by atoms with Gasteiger partial charge < -0.3 is 4.90 Å². The summed E-state index contributed by atoms with van der Waals surface area (Å²) in [5, 5.41) is 16.6. The molecule has 0 atom stereocenters. The van der Waals surface area contributed by atoms with E-state index in [4.69, 9.17) is 5.10 Å². The average molecular weight is 355 g/mol. The van der Waals surface area contributed by atoms with Gasteiger partial charge in [-0.25, -0.2) is 4.98 Å². The highest BCUT2D eigenvalue weighted by atomic mass is 32.1. The highest BCUT2D eigenvalue weighted by Gasteiger charge is 2.33. The largest absolute Gasteiger partial charge is 0.352 e. The summed E-state index contributed by atoms with van der Waals surface area (Å²) >= 11 is 1.72. The molecule has 0 N–H and O–H groups in total. The maximum Gasteiger partial charge on any atom is 0.178 e. The Hall–Kier alpha value is -2.06. The summed E-state index contributed by atoms with van der Waals surface area (Å²) in [5.41, 5.74) is 2.01. The second kappa shape index (κ2) is 5.74. The normalized spacial score (nSPS) is 18.3. The van der Waals surface area contributed by atoms with Crippen LogP contribution in [0.5, 0.6) is 0 Å². The summed E-state index contributed by atoms with van der Waals surface area (Å²) in [6, 6.07) is 4.63. The summed E-state index contributed by atoms with van der Waals surface area (Å²) < 4.78 is 1.93. The minimum atomic E-state index is 0.545. The van der Waals surface area contributed by atoms with E-state index >= 15 is 0 Å². The first-order valence-corrected chi connectivity index (χ1v) is 9.64. The molecule has 4 heterocycles.